The molecule has 2 aromatic heterocycles. The first kappa shape index (κ1) is 16.3. The summed E-state index contributed by atoms with van der Waals surface area (Å²) in [5, 5.41) is 11.6. The summed E-state index contributed by atoms with van der Waals surface area (Å²) in [6.45, 7) is 4.31. The molecule has 0 bridgehead atoms. The maximum Gasteiger partial charge on any atom is 0.239 e. The first-order chi connectivity index (χ1) is 12.2. The Morgan fingerprint density at radius 3 is 3.00 bits per heavy atom. The van der Waals surface area contributed by atoms with Crippen LogP contribution in [0.1, 0.15) is 38.6 Å². The largest absolute Gasteiger partial charge is 0.310 e. The molecule has 8 nitrogen and oxygen atoms in total. The fourth-order valence-electron chi connectivity index (χ4n) is 3.74. The lowest BCUT2D eigenvalue weighted by atomic mass is 10.2. The molecule has 1 saturated heterocycles. The summed E-state index contributed by atoms with van der Waals surface area (Å²) in [7, 11) is 0. The van der Waals surface area contributed by atoms with Crippen molar-refractivity contribution >= 4 is 11.7 Å². The molecule has 1 amide bonds. The Labute approximate surface area is 147 Å². The molecule has 2 fully saturated rings. The van der Waals surface area contributed by atoms with Gasteiger partial charge in [-0.3, -0.25) is 14.4 Å². The Balaban J connectivity index is 1.35. The molecular formula is C17H25N7O. The predicted molar refractivity (Wildman–Crippen MR) is 92.9 cm³/mol. The smallest absolute Gasteiger partial charge is 0.239 e. The zero-order valence-electron chi connectivity index (χ0n) is 14.6. The van der Waals surface area contributed by atoms with Gasteiger partial charge in [0.2, 0.25) is 5.91 Å². The van der Waals surface area contributed by atoms with Gasteiger partial charge in [-0.25, -0.2) is 9.67 Å². The number of hydrogen-bond acceptors (Lipinski definition) is 5. The van der Waals surface area contributed by atoms with Crippen molar-refractivity contribution < 1.29 is 4.79 Å². The van der Waals surface area contributed by atoms with Gasteiger partial charge in [-0.15, -0.1) is 0 Å². The third-order valence-electron chi connectivity index (χ3n) is 5.34. The van der Waals surface area contributed by atoms with Crippen LogP contribution >= 0.6 is 0 Å². The van der Waals surface area contributed by atoms with E-state index in [1.807, 2.05) is 15.4 Å². The number of rotatable bonds is 7. The van der Waals surface area contributed by atoms with Crippen LogP contribution in [0.2, 0.25) is 0 Å². The molecule has 2 aliphatic rings. The van der Waals surface area contributed by atoms with Crippen LogP contribution in [0.25, 0.3) is 0 Å². The lowest BCUT2D eigenvalue weighted by Crippen LogP contribution is -2.39. The summed E-state index contributed by atoms with van der Waals surface area (Å²) >= 11 is 0. The number of anilines is 1. The second-order valence-electron chi connectivity index (χ2n) is 7.17. The van der Waals surface area contributed by atoms with Crippen LogP contribution in [0.3, 0.4) is 0 Å². The summed E-state index contributed by atoms with van der Waals surface area (Å²) < 4.78 is 3.79. The summed E-state index contributed by atoms with van der Waals surface area (Å²) in [4.78, 5) is 18.8. The van der Waals surface area contributed by atoms with Gasteiger partial charge in [0.05, 0.1) is 25.3 Å². The number of likely N-dealkylation sites (tertiary alicyclic amines) is 1. The first-order valence-electron chi connectivity index (χ1n) is 9.10. The molecule has 2 atom stereocenters. The maximum absolute atomic E-state index is 12.5. The highest BCUT2D eigenvalue weighted by molar-refractivity contribution is 5.91. The summed E-state index contributed by atoms with van der Waals surface area (Å²) in [6.07, 6.45) is 9.76. The van der Waals surface area contributed by atoms with Gasteiger partial charge in [0.15, 0.2) is 0 Å². The standard InChI is InChI=1S/C17H25N7O/c1-13(14-4-5-14)24-16(6-7-19-24)21-17(25)10-22-8-2-3-15(22)9-23-12-18-11-20-23/h6-7,11-15H,2-5,8-10H2,1H3,(H,21,25). The predicted octanol–water partition coefficient (Wildman–Crippen LogP) is 1.55. The van der Waals surface area contributed by atoms with Gasteiger partial charge < -0.3 is 5.32 Å². The average Bonchev–Trinajstić information content (AvgIpc) is 2.97. The molecule has 0 radical (unpaired) electrons. The number of hydrogen-bond donors (Lipinski definition) is 1. The second kappa shape index (κ2) is 6.95. The van der Waals surface area contributed by atoms with E-state index in [4.69, 9.17) is 0 Å². The molecule has 1 saturated carbocycles. The molecule has 0 spiro atoms. The second-order valence-corrected chi connectivity index (χ2v) is 7.17. The summed E-state index contributed by atoms with van der Waals surface area (Å²) in [5.41, 5.74) is 0. The third kappa shape index (κ3) is 3.73. The normalized spacial score (nSPS) is 22.2. The Bertz CT molecular complexity index is 706. The molecule has 0 aromatic carbocycles. The van der Waals surface area contributed by atoms with E-state index in [2.05, 4.69) is 32.3 Å². The Morgan fingerprint density at radius 1 is 1.36 bits per heavy atom. The number of aromatic nitrogens is 5. The Kier molecular flexibility index (Phi) is 4.52. The van der Waals surface area contributed by atoms with Gasteiger partial charge in [0, 0.05) is 12.1 Å². The van der Waals surface area contributed by atoms with Gasteiger partial charge in [-0.2, -0.15) is 10.2 Å². The minimum atomic E-state index is 0.0234. The molecular weight excluding hydrogens is 318 g/mol. The highest BCUT2D eigenvalue weighted by Crippen LogP contribution is 2.40. The topological polar surface area (TPSA) is 80.9 Å². The highest BCUT2D eigenvalue weighted by atomic mass is 16.2. The fraction of sp³-hybridized carbons (Fsp3) is 0.647. The van der Waals surface area contributed by atoms with Gasteiger partial charge in [-0.05, 0) is 45.1 Å². The van der Waals surface area contributed by atoms with E-state index in [-0.39, 0.29) is 5.91 Å². The van der Waals surface area contributed by atoms with E-state index in [0.717, 1.165) is 31.7 Å². The molecule has 8 heteroatoms. The van der Waals surface area contributed by atoms with E-state index in [1.165, 1.54) is 12.8 Å². The molecule has 1 aliphatic heterocycles. The van der Waals surface area contributed by atoms with Crippen LogP contribution in [0.5, 0.6) is 0 Å². The Morgan fingerprint density at radius 2 is 2.24 bits per heavy atom. The lowest BCUT2D eigenvalue weighted by molar-refractivity contribution is -0.117. The number of carbonyl (C=O) groups excluding carboxylic acids is 1. The quantitative estimate of drug-likeness (QED) is 0.825. The number of nitrogens with zero attached hydrogens (tertiary/aromatic N) is 6. The minimum Gasteiger partial charge on any atom is -0.310 e. The van der Waals surface area contributed by atoms with Crippen LogP contribution in [0.15, 0.2) is 24.9 Å². The van der Waals surface area contributed by atoms with Crippen molar-refractivity contribution in [2.24, 2.45) is 5.92 Å². The molecule has 3 heterocycles. The molecule has 134 valence electrons. The number of amides is 1. The number of carbonyl (C=O) groups is 1. The van der Waals surface area contributed by atoms with E-state index in [9.17, 15) is 4.79 Å². The number of nitrogens with one attached hydrogen (secondary N) is 1. The van der Waals surface area contributed by atoms with Crippen LogP contribution in [0, 0.1) is 5.92 Å². The zero-order chi connectivity index (χ0) is 17.2. The van der Waals surface area contributed by atoms with Crippen LogP contribution in [0.4, 0.5) is 5.82 Å². The molecule has 1 aliphatic carbocycles. The van der Waals surface area contributed by atoms with Crippen LogP contribution in [-0.4, -0.2) is 54.5 Å². The summed E-state index contributed by atoms with van der Waals surface area (Å²) in [6, 6.07) is 2.56. The van der Waals surface area contributed by atoms with Gasteiger partial charge in [0.25, 0.3) is 0 Å². The van der Waals surface area contributed by atoms with Crippen molar-refractivity contribution in [3.63, 3.8) is 0 Å². The molecule has 2 aromatic rings. The highest BCUT2D eigenvalue weighted by Gasteiger charge is 2.31. The van der Waals surface area contributed by atoms with E-state index in [0.29, 0.717) is 24.5 Å². The van der Waals surface area contributed by atoms with Gasteiger partial charge >= 0.3 is 0 Å². The van der Waals surface area contributed by atoms with Crippen molar-refractivity contribution in [1.82, 2.24) is 29.4 Å². The SMILES string of the molecule is CC(C1CC1)n1nccc1NC(=O)CN1CCCC1Cn1cncn1. The average molecular weight is 343 g/mol. The van der Waals surface area contributed by atoms with Crippen LogP contribution < -0.4 is 5.32 Å². The molecule has 1 N–H and O–H groups in total. The van der Waals surface area contributed by atoms with Crippen molar-refractivity contribution in [3.05, 3.63) is 24.9 Å². The van der Waals surface area contributed by atoms with E-state index >= 15 is 0 Å². The molecule has 2 unspecified atom stereocenters. The maximum atomic E-state index is 12.5. The zero-order valence-corrected chi connectivity index (χ0v) is 14.6. The molecule has 4 rings (SSSR count). The van der Waals surface area contributed by atoms with E-state index < -0.39 is 0 Å². The molecule has 25 heavy (non-hydrogen) atoms. The fourth-order valence-corrected chi connectivity index (χ4v) is 3.74. The minimum absolute atomic E-state index is 0.0234. The van der Waals surface area contributed by atoms with Crippen molar-refractivity contribution in [3.8, 4) is 0 Å². The van der Waals surface area contributed by atoms with Crippen LogP contribution in [-0.2, 0) is 11.3 Å². The third-order valence-corrected chi connectivity index (χ3v) is 5.34. The lowest BCUT2D eigenvalue weighted by Gasteiger charge is -2.24. The van der Waals surface area contributed by atoms with Crippen molar-refractivity contribution in [1.29, 1.82) is 0 Å². The Hall–Kier alpha value is -2.22. The van der Waals surface area contributed by atoms with E-state index in [1.54, 1.807) is 18.9 Å². The monoisotopic (exact) mass is 343 g/mol. The van der Waals surface area contributed by atoms with Crippen molar-refractivity contribution in [2.45, 2.75) is 51.2 Å². The van der Waals surface area contributed by atoms with Gasteiger partial charge in [0.1, 0.15) is 18.5 Å². The van der Waals surface area contributed by atoms with Crippen molar-refractivity contribution in [2.75, 3.05) is 18.4 Å². The van der Waals surface area contributed by atoms with Gasteiger partial charge in [-0.1, -0.05) is 0 Å². The first-order valence-corrected chi connectivity index (χ1v) is 9.10. The summed E-state index contributed by atoms with van der Waals surface area (Å²) in [5.74, 6) is 1.52.